The predicted molar refractivity (Wildman–Crippen MR) is 145 cm³/mol. The van der Waals surface area contributed by atoms with Gasteiger partial charge in [0.25, 0.3) is 0 Å². The molecule has 212 valence electrons. The molecule has 12 heteroatoms. The highest BCUT2D eigenvalue weighted by Gasteiger charge is 2.45. The summed E-state index contributed by atoms with van der Waals surface area (Å²) in [5, 5.41) is 0.685. The minimum absolute atomic E-state index is 0.0199. The maximum Gasteiger partial charge on any atom is 0.416 e. The van der Waals surface area contributed by atoms with Crippen molar-refractivity contribution in [2.45, 2.75) is 51.1 Å². The average Bonchev–Trinajstić information content (AvgIpc) is 3.57. The molecule has 1 aromatic carbocycles. The first-order valence-corrected chi connectivity index (χ1v) is 14.4. The van der Waals surface area contributed by atoms with Crippen molar-refractivity contribution in [2.24, 2.45) is 0 Å². The van der Waals surface area contributed by atoms with Crippen LogP contribution in [0.2, 0.25) is 0 Å². The van der Waals surface area contributed by atoms with Crippen LogP contribution in [0.4, 0.5) is 23.7 Å². The summed E-state index contributed by atoms with van der Waals surface area (Å²) < 4.78 is 45.2. The van der Waals surface area contributed by atoms with Crippen molar-refractivity contribution in [3.63, 3.8) is 0 Å². The Kier molecular flexibility index (Phi) is 7.62. The number of rotatable bonds is 3. The van der Waals surface area contributed by atoms with Crippen molar-refractivity contribution < 1.29 is 27.5 Å². The Balaban J connectivity index is 1.28. The average molecular weight is 566 g/mol. The number of hydrogen-bond acceptors (Lipinski definition) is 7. The summed E-state index contributed by atoms with van der Waals surface area (Å²) in [5.41, 5.74) is -0.201. The van der Waals surface area contributed by atoms with Gasteiger partial charge in [-0.05, 0) is 45.4 Å². The summed E-state index contributed by atoms with van der Waals surface area (Å²) in [7, 11) is 0. The van der Waals surface area contributed by atoms with Gasteiger partial charge in [-0.2, -0.15) is 13.2 Å². The number of fused-ring (bicyclic) bond motifs is 1. The highest BCUT2D eigenvalue weighted by atomic mass is 32.2. The Labute approximate surface area is 230 Å². The zero-order valence-electron chi connectivity index (χ0n) is 22.4. The lowest BCUT2D eigenvalue weighted by Gasteiger charge is -2.39. The van der Waals surface area contributed by atoms with E-state index < -0.39 is 29.5 Å². The molecule has 2 aromatic rings. The fourth-order valence-corrected chi connectivity index (χ4v) is 6.50. The molecule has 39 heavy (non-hydrogen) atoms. The van der Waals surface area contributed by atoms with Gasteiger partial charge in [0.15, 0.2) is 0 Å². The van der Waals surface area contributed by atoms with Crippen LogP contribution in [0.1, 0.15) is 32.8 Å². The maximum atomic E-state index is 13.4. The number of pyridine rings is 1. The second-order valence-corrected chi connectivity index (χ2v) is 12.3. The van der Waals surface area contributed by atoms with Crippen molar-refractivity contribution in [2.75, 3.05) is 55.8 Å². The van der Waals surface area contributed by atoms with Crippen LogP contribution in [-0.4, -0.2) is 100 Å². The Bertz CT molecular complexity index is 1220. The highest BCUT2D eigenvalue weighted by molar-refractivity contribution is 7.99. The monoisotopic (exact) mass is 565 g/mol. The van der Waals surface area contributed by atoms with Gasteiger partial charge in [-0.1, -0.05) is 6.07 Å². The van der Waals surface area contributed by atoms with Crippen molar-refractivity contribution in [1.29, 1.82) is 0 Å². The van der Waals surface area contributed by atoms with Gasteiger partial charge in [0.2, 0.25) is 5.91 Å². The molecule has 1 aromatic heterocycles. The second kappa shape index (κ2) is 10.7. The number of anilines is 1. The standard InChI is InChI=1S/C27H34F3N5O3S/c1-26(2,3)38-25(37)35-16-19(15-23(35)24(36)34-12-13-39-17-34)32-8-10-33(11-9-32)22-6-7-31-21-14-18(27(28,29)30)4-5-20(21)22/h4-7,14,19,23H,8-13,15-17H2,1-3H3/t19-,23-/m0/s1. The lowest BCUT2D eigenvalue weighted by Crippen LogP contribution is -2.51. The van der Waals surface area contributed by atoms with Crippen LogP contribution in [0.5, 0.6) is 0 Å². The molecule has 0 N–H and O–H groups in total. The van der Waals surface area contributed by atoms with E-state index in [1.165, 1.54) is 6.07 Å². The molecule has 4 heterocycles. The molecule has 8 nitrogen and oxygen atoms in total. The number of carbonyl (C=O) groups excluding carboxylic acids is 2. The molecule has 2 amide bonds. The van der Waals surface area contributed by atoms with Gasteiger partial charge in [-0.3, -0.25) is 19.6 Å². The molecule has 2 atom stereocenters. The number of halogens is 3. The molecule has 0 radical (unpaired) electrons. The first-order chi connectivity index (χ1) is 18.4. The minimum atomic E-state index is -4.42. The number of benzene rings is 1. The summed E-state index contributed by atoms with van der Waals surface area (Å²) in [6.45, 7) is 9.32. The van der Waals surface area contributed by atoms with Gasteiger partial charge in [-0.15, -0.1) is 11.8 Å². The van der Waals surface area contributed by atoms with E-state index in [-0.39, 0.29) is 11.9 Å². The number of nitrogens with zero attached hydrogens (tertiary/aromatic N) is 5. The molecule has 3 aliphatic heterocycles. The first-order valence-electron chi connectivity index (χ1n) is 13.2. The van der Waals surface area contributed by atoms with Crippen molar-refractivity contribution >= 4 is 40.4 Å². The number of aromatic nitrogens is 1. The van der Waals surface area contributed by atoms with E-state index >= 15 is 0 Å². The van der Waals surface area contributed by atoms with Crippen molar-refractivity contribution in [1.82, 2.24) is 19.7 Å². The van der Waals surface area contributed by atoms with Crippen LogP contribution in [0, 0.1) is 0 Å². The minimum Gasteiger partial charge on any atom is -0.444 e. The Hall–Kier alpha value is -2.73. The quantitative estimate of drug-likeness (QED) is 0.550. The van der Waals surface area contributed by atoms with Crippen molar-refractivity contribution in [3.05, 3.63) is 36.0 Å². The zero-order valence-corrected chi connectivity index (χ0v) is 23.2. The Morgan fingerprint density at radius 2 is 1.79 bits per heavy atom. The van der Waals surface area contributed by atoms with E-state index in [1.807, 2.05) is 31.7 Å². The molecular weight excluding hydrogens is 531 g/mol. The van der Waals surface area contributed by atoms with Crippen molar-refractivity contribution in [3.8, 4) is 0 Å². The normalized spacial score (nSPS) is 23.1. The number of piperazine rings is 1. The summed E-state index contributed by atoms with van der Waals surface area (Å²) >= 11 is 1.71. The molecule has 0 bridgehead atoms. The highest BCUT2D eigenvalue weighted by Crippen LogP contribution is 2.34. The molecular formula is C27H34F3N5O3S. The van der Waals surface area contributed by atoms with Gasteiger partial charge in [0, 0.05) is 68.3 Å². The number of hydrogen-bond donors (Lipinski definition) is 0. The van der Waals surface area contributed by atoms with E-state index in [0.29, 0.717) is 62.5 Å². The zero-order chi connectivity index (χ0) is 27.9. The van der Waals surface area contributed by atoms with E-state index in [2.05, 4.69) is 14.8 Å². The SMILES string of the molecule is CC(C)(C)OC(=O)N1C[C@@H](N2CCN(c3ccnc4cc(C(F)(F)F)ccc34)CC2)C[C@H]1C(=O)N1CCSC1. The number of amides is 2. The Morgan fingerprint density at radius 1 is 1.05 bits per heavy atom. The van der Waals surface area contributed by atoms with Gasteiger partial charge < -0.3 is 14.5 Å². The number of ether oxygens (including phenoxy) is 1. The number of alkyl halides is 3. The third-order valence-corrected chi connectivity index (χ3v) is 8.44. The molecule has 0 aliphatic carbocycles. The van der Waals surface area contributed by atoms with E-state index in [9.17, 15) is 22.8 Å². The van der Waals surface area contributed by atoms with E-state index in [0.717, 1.165) is 23.6 Å². The fourth-order valence-electron chi connectivity index (χ4n) is 5.55. The number of carbonyl (C=O) groups is 2. The molecule has 3 saturated heterocycles. The van der Waals surface area contributed by atoms with Crippen LogP contribution >= 0.6 is 11.8 Å². The summed E-state index contributed by atoms with van der Waals surface area (Å²) in [6.07, 6.45) is -2.78. The fraction of sp³-hybridized carbons (Fsp3) is 0.593. The van der Waals surface area contributed by atoms with Gasteiger partial charge >= 0.3 is 12.3 Å². The third-order valence-electron chi connectivity index (χ3n) is 7.47. The van der Waals surface area contributed by atoms with Crippen LogP contribution in [0.15, 0.2) is 30.5 Å². The third kappa shape index (κ3) is 6.06. The largest absolute Gasteiger partial charge is 0.444 e. The summed E-state index contributed by atoms with van der Waals surface area (Å²) in [5.74, 6) is 1.52. The summed E-state index contributed by atoms with van der Waals surface area (Å²) in [6, 6.07) is 5.00. The first kappa shape index (κ1) is 27.8. The molecule has 0 saturated carbocycles. The molecule has 5 rings (SSSR count). The predicted octanol–water partition coefficient (Wildman–Crippen LogP) is 4.29. The van der Waals surface area contributed by atoms with Gasteiger partial charge in [0.05, 0.1) is 17.0 Å². The lowest BCUT2D eigenvalue weighted by molar-refractivity contribution is -0.137. The van der Waals surface area contributed by atoms with E-state index in [4.69, 9.17) is 4.74 Å². The maximum absolute atomic E-state index is 13.4. The van der Waals surface area contributed by atoms with Crippen LogP contribution in [0.25, 0.3) is 10.9 Å². The van der Waals surface area contributed by atoms with Gasteiger partial charge in [0.1, 0.15) is 11.6 Å². The molecule has 3 fully saturated rings. The Morgan fingerprint density at radius 3 is 2.44 bits per heavy atom. The summed E-state index contributed by atoms with van der Waals surface area (Å²) in [4.78, 5) is 38.5. The molecule has 3 aliphatic rings. The smallest absolute Gasteiger partial charge is 0.416 e. The number of thioether (sulfide) groups is 1. The number of likely N-dealkylation sites (tertiary alicyclic amines) is 1. The van der Waals surface area contributed by atoms with E-state index in [1.54, 1.807) is 22.9 Å². The van der Waals surface area contributed by atoms with Crippen LogP contribution < -0.4 is 4.90 Å². The van der Waals surface area contributed by atoms with Crippen LogP contribution in [0.3, 0.4) is 0 Å². The van der Waals surface area contributed by atoms with Crippen LogP contribution in [-0.2, 0) is 15.7 Å². The molecule has 0 unspecified atom stereocenters. The van der Waals surface area contributed by atoms with Gasteiger partial charge in [-0.25, -0.2) is 4.79 Å². The lowest BCUT2D eigenvalue weighted by atomic mass is 10.1. The molecule has 0 spiro atoms. The second-order valence-electron chi connectivity index (χ2n) is 11.3. The topological polar surface area (TPSA) is 69.2 Å².